The van der Waals surface area contributed by atoms with Gasteiger partial charge in [0.05, 0.1) is 0 Å². The minimum Gasteiger partial charge on any atom is -0.345 e. The lowest BCUT2D eigenvalue weighted by atomic mass is 9.81. The molecule has 1 spiro atoms. The Hall–Kier alpha value is -1.31. The predicted octanol–water partition coefficient (Wildman–Crippen LogP) is 2.04. The molecule has 16 heavy (non-hydrogen) atoms. The highest BCUT2D eigenvalue weighted by atomic mass is 16.2. The number of hydrogen-bond acceptors (Lipinski definition) is 1. The van der Waals surface area contributed by atoms with Gasteiger partial charge in [-0.3, -0.25) is 4.79 Å². The van der Waals surface area contributed by atoms with E-state index in [9.17, 15) is 4.79 Å². The summed E-state index contributed by atoms with van der Waals surface area (Å²) in [6, 6.07) is 6.53. The van der Waals surface area contributed by atoms with Crippen molar-refractivity contribution in [2.24, 2.45) is 0 Å². The second-order valence-electron chi connectivity index (χ2n) is 5.31. The molecule has 2 nitrogen and oxygen atoms in total. The van der Waals surface area contributed by atoms with Crippen LogP contribution in [0.25, 0.3) is 0 Å². The van der Waals surface area contributed by atoms with Crippen molar-refractivity contribution in [3.05, 3.63) is 34.9 Å². The van der Waals surface area contributed by atoms with Gasteiger partial charge in [0.15, 0.2) is 0 Å². The molecule has 1 aliphatic carbocycles. The number of nitrogens with zero attached hydrogens (tertiary/aromatic N) is 1. The van der Waals surface area contributed by atoms with Crippen LogP contribution in [0.1, 0.15) is 29.5 Å². The van der Waals surface area contributed by atoms with Crippen molar-refractivity contribution in [2.75, 3.05) is 13.6 Å². The van der Waals surface area contributed by atoms with Gasteiger partial charge in [0, 0.05) is 25.4 Å². The summed E-state index contributed by atoms with van der Waals surface area (Å²) in [6.45, 7) is 3.08. The minimum absolute atomic E-state index is 0.132. The number of carbonyl (C=O) groups excluding carboxylic acids is 1. The second kappa shape index (κ2) is 3.09. The third-order valence-corrected chi connectivity index (χ3v) is 4.29. The lowest BCUT2D eigenvalue weighted by molar-refractivity contribution is -0.126. The SMILES string of the molecule is Cc1cccc2c1CCC21CC(=O)N(C)C1. The van der Waals surface area contributed by atoms with Gasteiger partial charge in [-0.25, -0.2) is 0 Å². The van der Waals surface area contributed by atoms with Gasteiger partial charge in [0.1, 0.15) is 0 Å². The van der Waals surface area contributed by atoms with Crippen LogP contribution in [0, 0.1) is 6.92 Å². The van der Waals surface area contributed by atoms with Crippen LogP contribution >= 0.6 is 0 Å². The number of likely N-dealkylation sites (N-methyl/N-ethyl adjacent to an activating group) is 1. The summed E-state index contributed by atoms with van der Waals surface area (Å²) in [6.07, 6.45) is 2.99. The molecule has 2 aliphatic rings. The van der Waals surface area contributed by atoms with E-state index in [4.69, 9.17) is 0 Å². The van der Waals surface area contributed by atoms with Crippen molar-refractivity contribution in [1.82, 2.24) is 4.90 Å². The summed E-state index contributed by atoms with van der Waals surface area (Å²) in [5.74, 6) is 0.300. The Labute approximate surface area is 96.3 Å². The maximum absolute atomic E-state index is 11.8. The molecule has 0 bridgehead atoms. The maximum Gasteiger partial charge on any atom is 0.223 e. The molecule has 3 rings (SSSR count). The molecular weight excluding hydrogens is 198 g/mol. The van der Waals surface area contributed by atoms with Crippen molar-refractivity contribution in [1.29, 1.82) is 0 Å². The zero-order chi connectivity index (χ0) is 11.3. The summed E-state index contributed by atoms with van der Waals surface area (Å²) in [5.41, 5.74) is 4.44. The Morgan fingerprint density at radius 1 is 1.38 bits per heavy atom. The summed E-state index contributed by atoms with van der Waals surface area (Å²) in [7, 11) is 1.92. The molecule has 1 aliphatic heterocycles. The Bertz CT molecular complexity index is 466. The van der Waals surface area contributed by atoms with Crippen LogP contribution in [0.3, 0.4) is 0 Å². The van der Waals surface area contributed by atoms with Crippen molar-refractivity contribution >= 4 is 5.91 Å². The van der Waals surface area contributed by atoms with E-state index < -0.39 is 0 Å². The average Bonchev–Trinajstić information content (AvgIpc) is 2.72. The van der Waals surface area contributed by atoms with E-state index in [0.29, 0.717) is 12.3 Å². The van der Waals surface area contributed by atoms with Crippen LogP contribution in [-0.4, -0.2) is 24.4 Å². The standard InChI is InChI=1S/C14H17NO/c1-10-4-3-5-12-11(10)6-7-14(12)8-13(16)15(2)9-14/h3-5H,6-9H2,1-2H3. The molecule has 0 saturated carbocycles. The van der Waals surface area contributed by atoms with Crippen molar-refractivity contribution in [3.63, 3.8) is 0 Å². The number of benzene rings is 1. The predicted molar refractivity (Wildman–Crippen MR) is 63.4 cm³/mol. The number of carbonyl (C=O) groups is 1. The molecule has 0 aromatic heterocycles. The van der Waals surface area contributed by atoms with Crippen molar-refractivity contribution in [2.45, 2.75) is 31.6 Å². The van der Waals surface area contributed by atoms with Crippen molar-refractivity contribution in [3.8, 4) is 0 Å². The van der Waals surface area contributed by atoms with E-state index in [1.807, 2.05) is 11.9 Å². The monoisotopic (exact) mass is 215 g/mol. The molecule has 1 unspecified atom stereocenters. The molecule has 1 saturated heterocycles. The summed E-state index contributed by atoms with van der Waals surface area (Å²) in [4.78, 5) is 13.6. The fourth-order valence-corrected chi connectivity index (χ4v) is 3.40. The molecule has 1 aromatic rings. The quantitative estimate of drug-likeness (QED) is 0.648. The maximum atomic E-state index is 11.8. The molecular formula is C14H17NO. The Balaban J connectivity index is 2.10. The number of hydrogen-bond donors (Lipinski definition) is 0. The molecule has 1 heterocycles. The van der Waals surface area contributed by atoms with E-state index in [1.165, 1.54) is 16.7 Å². The largest absolute Gasteiger partial charge is 0.345 e. The van der Waals surface area contributed by atoms with Gasteiger partial charge >= 0.3 is 0 Å². The van der Waals surface area contributed by atoms with Crippen LogP contribution in [0.2, 0.25) is 0 Å². The molecule has 0 radical (unpaired) electrons. The number of aryl methyl sites for hydroxylation is 1. The molecule has 1 amide bonds. The van der Waals surface area contributed by atoms with Gasteiger partial charge in [-0.05, 0) is 36.5 Å². The molecule has 84 valence electrons. The highest BCUT2D eigenvalue weighted by Crippen LogP contribution is 2.46. The highest BCUT2D eigenvalue weighted by molar-refractivity contribution is 5.81. The van der Waals surface area contributed by atoms with Gasteiger partial charge in [-0.15, -0.1) is 0 Å². The topological polar surface area (TPSA) is 20.3 Å². The van der Waals surface area contributed by atoms with Crippen LogP contribution in [0.4, 0.5) is 0 Å². The smallest absolute Gasteiger partial charge is 0.223 e. The van der Waals surface area contributed by atoms with E-state index in [1.54, 1.807) is 0 Å². The molecule has 1 aromatic carbocycles. The molecule has 1 atom stereocenters. The second-order valence-corrected chi connectivity index (χ2v) is 5.31. The van der Waals surface area contributed by atoms with Crippen LogP contribution in [-0.2, 0) is 16.6 Å². The first-order chi connectivity index (χ1) is 7.62. The Morgan fingerprint density at radius 3 is 2.88 bits per heavy atom. The zero-order valence-corrected chi connectivity index (χ0v) is 9.92. The Kier molecular flexibility index (Phi) is 1.91. The van der Waals surface area contributed by atoms with Crippen LogP contribution in [0.5, 0.6) is 0 Å². The average molecular weight is 215 g/mol. The van der Waals surface area contributed by atoms with Crippen molar-refractivity contribution < 1.29 is 4.79 Å². The van der Waals surface area contributed by atoms with Gasteiger partial charge in [0.25, 0.3) is 0 Å². The zero-order valence-electron chi connectivity index (χ0n) is 9.92. The van der Waals surface area contributed by atoms with Crippen LogP contribution in [0.15, 0.2) is 18.2 Å². The molecule has 0 N–H and O–H groups in total. The first-order valence-corrected chi connectivity index (χ1v) is 5.95. The fraction of sp³-hybridized carbons (Fsp3) is 0.500. The van der Waals surface area contributed by atoms with Crippen LogP contribution < -0.4 is 0 Å². The summed E-state index contributed by atoms with van der Waals surface area (Å²) in [5, 5.41) is 0. The first-order valence-electron chi connectivity index (χ1n) is 5.95. The molecule has 2 heteroatoms. The van der Waals surface area contributed by atoms with E-state index in [-0.39, 0.29) is 5.41 Å². The van der Waals surface area contributed by atoms with E-state index in [2.05, 4.69) is 25.1 Å². The van der Waals surface area contributed by atoms with Gasteiger partial charge in [0.2, 0.25) is 5.91 Å². The first kappa shape index (κ1) is 9.88. The number of fused-ring (bicyclic) bond motifs is 2. The van der Waals surface area contributed by atoms with Gasteiger partial charge in [-0.2, -0.15) is 0 Å². The normalized spacial score (nSPS) is 27.9. The Morgan fingerprint density at radius 2 is 2.19 bits per heavy atom. The summed E-state index contributed by atoms with van der Waals surface area (Å²) >= 11 is 0. The number of likely N-dealkylation sites (tertiary alicyclic amines) is 1. The number of amides is 1. The third kappa shape index (κ3) is 1.16. The third-order valence-electron chi connectivity index (χ3n) is 4.29. The van der Waals surface area contributed by atoms with Gasteiger partial charge < -0.3 is 4.90 Å². The van der Waals surface area contributed by atoms with E-state index in [0.717, 1.165) is 19.4 Å². The lowest BCUT2D eigenvalue weighted by Crippen LogP contribution is -2.27. The fourth-order valence-electron chi connectivity index (χ4n) is 3.40. The van der Waals surface area contributed by atoms with E-state index >= 15 is 0 Å². The lowest BCUT2D eigenvalue weighted by Gasteiger charge is -2.23. The van der Waals surface area contributed by atoms with Gasteiger partial charge in [-0.1, -0.05) is 18.2 Å². The highest BCUT2D eigenvalue weighted by Gasteiger charge is 2.46. The molecule has 1 fully saturated rings. The summed E-state index contributed by atoms with van der Waals surface area (Å²) < 4.78 is 0. The number of rotatable bonds is 0. The minimum atomic E-state index is 0.132.